The summed E-state index contributed by atoms with van der Waals surface area (Å²) in [6.07, 6.45) is 0.774. The van der Waals surface area contributed by atoms with Gasteiger partial charge in [0.15, 0.2) is 17.1 Å². The van der Waals surface area contributed by atoms with Gasteiger partial charge in [0.05, 0.1) is 42.3 Å². The van der Waals surface area contributed by atoms with Crippen LogP contribution in [0.5, 0.6) is 11.5 Å². The number of H-pyrrole nitrogens is 1. The van der Waals surface area contributed by atoms with Gasteiger partial charge in [0.1, 0.15) is 16.7 Å². The molecular weight excluding hydrogens is 462 g/mol. The van der Waals surface area contributed by atoms with Gasteiger partial charge in [-0.3, -0.25) is 14.0 Å². The quantitative estimate of drug-likeness (QED) is 0.320. The Morgan fingerprint density at radius 2 is 1.78 bits per heavy atom. The zero-order valence-corrected chi connectivity index (χ0v) is 20.5. The number of carbonyl (C=O) groups excluding carboxylic acids is 1. The Hall–Kier alpha value is -4.18. The Morgan fingerprint density at radius 1 is 1.08 bits per heavy atom. The summed E-state index contributed by atoms with van der Waals surface area (Å²) in [5.41, 5.74) is 2.86. The van der Waals surface area contributed by atoms with Crippen molar-refractivity contribution in [2.75, 3.05) is 27.4 Å². The third kappa shape index (κ3) is 3.99. The summed E-state index contributed by atoms with van der Waals surface area (Å²) >= 11 is 0. The minimum absolute atomic E-state index is 0.123. The van der Waals surface area contributed by atoms with Crippen molar-refractivity contribution < 1.29 is 19.0 Å². The van der Waals surface area contributed by atoms with E-state index >= 15 is 0 Å². The molecule has 2 aromatic carbocycles. The highest BCUT2D eigenvalue weighted by Gasteiger charge is 2.25. The number of rotatable bonds is 8. The first kappa shape index (κ1) is 23.6. The van der Waals surface area contributed by atoms with Crippen molar-refractivity contribution in [2.24, 2.45) is 0 Å². The van der Waals surface area contributed by atoms with Gasteiger partial charge in [-0.1, -0.05) is 12.1 Å². The summed E-state index contributed by atoms with van der Waals surface area (Å²) in [5, 5.41) is 3.30. The minimum Gasteiger partial charge on any atom is -0.493 e. The summed E-state index contributed by atoms with van der Waals surface area (Å²) in [6, 6.07) is 10.7. The third-order valence-corrected chi connectivity index (χ3v) is 5.97. The number of fused-ring (bicyclic) bond motifs is 6. The van der Waals surface area contributed by atoms with Crippen molar-refractivity contribution in [3.63, 3.8) is 0 Å². The summed E-state index contributed by atoms with van der Waals surface area (Å²) in [5.74, 6) is 0.514. The average Bonchev–Trinajstić information content (AvgIpc) is 3.18. The minimum atomic E-state index is -0.370. The molecule has 0 radical (unpaired) electrons. The standard InChI is InChI=1S/C26H27N5O5/c1-14(2)36-11-7-10-27-26(33)21-22-24(29-17-9-6-5-8-16(17)28-22)31-18-13-20(35-4)19(34-3)12-15(18)25(32)30-23(21)31/h5-6,8-9,12-14H,7,10-11H2,1-4H3,(H,27,33)(H,30,32). The van der Waals surface area contributed by atoms with E-state index < -0.39 is 0 Å². The van der Waals surface area contributed by atoms with Crippen LogP contribution in [0.25, 0.3) is 38.7 Å². The monoisotopic (exact) mass is 489 g/mol. The molecule has 1 amide bonds. The van der Waals surface area contributed by atoms with Crippen LogP contribution in [0.15, 0.2) is 41.2 Å². The smallest absolute Gasteiger partial charge is 0.259 e. The first-order valence-electron chi connectivity index (χ1n) is 11.7. The first-order chi connectivity index (χ1) is 17.4. The number of aromatic nitrogens is 4. The number of hydrogen-bond donors (Lipinski definition) is 2. The number of ether oxygens (including phenoxy) is 3. The zero-order chi connectivity index (χ0) is 25.4. The van der Waals surface area contributed by atoms with Gasteiger partial charge in [0.25, 0.3) is 11.5 Å². The molecule has 0 aliphatic heterocycles. The van der Waals surface area contributed by atoms with E-state index in [1.54, 1.807) is 16.5 Å². The molecule has 5 aromatic rings. The second kappa shape index (κ2) is 9.46. The maximum atomic E-state index is 13.4. The Balaban J connectivity index is 1.76. The van der Waals surface area contributed by atoms with Gasteiger partial charge in [0.2, 0.25) is 0 Å². The lowest BCUT2D eigenvalue weighted by molar-refractivity contribution is 0.0757. The lowest BCUT2D eigenvalue weighted by atomic mass is 10.2. The molecule has 0 aliphatic rings. The van der Waals surface area contributed by atoms with Crippen molar-refractivity contribution in [1.29, 1.82) is 0 Å². The number of methoxy groups -OCH3 is 2. The predicted octanol–water partition coefficient (Wildman–Crippen LogP) is 3.44. The van der Waals surface area contributed by atoms with E-state index in [2.05, 4.69) is 10.3 Å². The van der Waals surface area contributed by atoms with Gasteiger partial charge in [-0.15, -0.1) is 0 Å². The molecule has 0 saturated carbocycles. The van der Waals surface area contributed by atoms with Crippen LogP contribution in [-0.2, 0) is 4.74 Å². The lowest BCUT2D eigenvalue weighted by Gasteiger charge is -2.11. The Kier molecular flexibility index (Phi) is 6.19. The fourth-order valence-electron chi connectivity index (χ4n) is 4.30. The molecular formula is C26H27N5O5. The van der Waals surface area contributed by atoms with Gasteiger partial charge in [-0.2, -0.15) is 0 Å². The van der Waals surface area contributed by atoms with Crippen molar-refractivity contribution in [3.05, 3.63) is 52.3 Å². The Morgan fingerprint density at radius 3 is 2.47 bits per heavy atom. The number of amides is 1. The molecule has 0 bridgehead atoms. The number of hydrogen-bond acceptors (Lipinski definition) is 7. The fourth-order valence-corrected chi connectivity index (χ4v) is 4.30. The van der Waals surface area contributed by atoms with E-state index in [4.69, 9.17) is 24.2 Å². The second-order valence-corrected chi connectivity index (χ2v) is 8.65. The molecule has 0 spiro atoms. The SMILES string of the molecule is COc1cc2c(=O)[nH]c3c(C(=O)NCCCOC(C)C)c4nc5ccccc5nc4n3c2cc1OC. The number of para-hydroxylation sites is 2. The number of aromatic amines is 1. The largest absolute Gasteiger partial charge is 0.493 e. The highest BCUT2D eigenvalue weighted by molar-refractivity contribution is 6.13. The highest BCUT2D eigenvalue weighted by Crippen LogP contribution is 2.34. The zero-order valence-electron chi connectivity index (χ0n) is 20.5. The van der Waals surface area contributed by atoms with Gasteiger partial charge in [-0.05, 0) is 38.5 Å². The number of nitrogens with zero attached hydrogens (tertiary/aromatic N) is 3. The van der Waals surface area contributed by atoms with Crippen LogP contribution in [0.2, 0.25) is 0 Å². The van der Waals surface area contributed by atoms with Crippen LogP contribution >= 0.6 is 0 Å². The summed E-state index contributed by atoms with van der Waals surface area (Å²) < 4.78 is 18.2. The molecule has 36 heavy (non-hydrogen) atoms. The number of benzene rings is 2. The van der Waals surface area contributed by atoms with E-state index in [-0.39, 0.29) is 23.1 Å². The molecule has 0 atom stereocenters. The summed E-state index contributed by atoms with van der Waals surface area (Å²) in [4.78, 5) is 39.1. The maximum absolute atomic E-state index is 13.4. The van der Waals surface area contributed by atoms with Crippen LogP contribution in [0.3, 0.4) is 0 Å². The molecule has 0 aliphatic carbocycles. The van der Waals surface area contributed by atoms with E-state index in [1.165, 1.54) is 14.2 Å². The molecule has 2 N–H and O–H groups in total. The van der Waals surface area contributed by atoms with E-state index in [0.29, 0.717) is 69.8 Å². The van der Waals surface area contributed by atoms with E-state index in [9.17, 15) is 9.59 Å². The van der Waals surface area contributed by atoms with Crippen molar-refractivity contribution in [3.8, 4) is 11.5 Å². The van der Waals surface area contributed by atoms with Crippen LogP contribution in [0.4, 0.5) is 0 Å². The van der Waals surface area contributed by atoms with Crippen molar-refractivity contribution in [1.82, 2.24) is 24.7 Å². The molecule has 5 rings (SSSR count). The molecule has 10 heteroatoms. The molecule has 0 saturated heterocycles. The molecule has 10 nitrogen and oxygen atoms in total. The van der Waals surface area contributed by atoms with Crippen LogP contribution in [0.1, 0.15) is 30.6 Å². The van der Waals surface area contributed by atoms with Crippen molar-refractivity contribution >= 4 is 44.7 Å². The molecule has 3 heterocycles. The van der Waals surface area contributed by atoms with Crippen LogP contribution in [0, 0.1) is 0 Å². The van der Waals surface area contributed by atoms with Gasteiger partial charge in [0, 0.05) is 19.2 Å². The topological polar surface area (TPSA) is 120 Å². The average molecular weight is 490 g/mol. The number of carbonyl (C=O) groups is 1. The fraction of sp³-hybridized carbons (Fsp3) is 0.308. The Labute approximate surface area is 206 Å². The summed E-state index contributed by atoms with van der Waals surface area (Å²) in [7, 11) is 3.03. The van der Waals surface area contributed by atoms with E-state index in [1.807, 2.05) is 38.1 Å². The van der Waals surface area contributed by atoms with Gasteiger partial charge < -0.3 is 24.5 Å². The van der Waals surface area contributed by atoms with Crippen molar-refractivity contribution in [2.45, 2.75) is 26.4 Å². The second-order valence-electron chi connectivity index (χ2n) is 8.65. The first-order valence-corrected chi connectivity index (χ1v) is 11.7. The highest BCUT2D eigenvalue weighted by atomic mass is 16.5. The maximum Gasteiger partial charge on any atom is 0.259 e. The summed E-state index contributed by atoms with van der Waals surface area (Å²) in [6.45, 7) is 4.87. The molecule has 3 aromatic heterocycles. The number of nitrogens with one attached hydrogen (secondary N) is 2. The molecule has 186 valence electrons. The van der Waals surface area contributed by atoms with Gasteiger partial charge in [-0.25, -0.2) is 9.97 Å². The lowest BCUT2D eigenvalue weighted by Crippen LogP contribution is -2.26. The normalized spacial score (nSPS) is 11.7. The van der Waals surface area contributed by atoms with Gasteiger partial charge >= 0.3 is 0 Å². The predicted molar refractivity (Wildman–Crippen MR) is 137 cm³/mol. The Bertz CT molecular complexity index is 1670. The van der Waals surface area contributed by atoms with E-state index in [0.717, 1.165) is 0 Å². The molecule has 0 fully saturated rings. The van der Waals surface area contributed by atoms with Crippen LogP contribution in [-0.4, -0.2) is 58.7 Å². The molecule has 0 unspecified atom stereocenters. The third-order valence-electron chi connectivity index (χ3n) is 5.97. The van der Waals surface area contributed by atoms with Crippen LogP contribution < -0.4 is 20.3 Å².